The molecule has 0 unspecified atom stereocenters. The number of hydrogen-bond acceptors (Lipinski definition) is 2. The van der Waals surface area contributed by atoms with Crippen molar-refractivity contribution in [1.82, 2.24) is 15.0 Å². The van der Waals surface area contributed by atoms with E-state index in [9.17, 15) is 0 Å². The number of halogens is 1. The van der Waals surface area contributed by atoms with Crippen LogP contribution in [0.5, 0.6) is 0 Å². The van der Waals surface area contributed by atoms with Crippen molar-refractivity contribution in [3.05, 3.63) is 10.8 Å². The van der Waals surface area contributed by atoms with Crippen LogP contribution in [-0.4, -0.2) is 15.0 Å². The zero-order chi connectivity index (χ0) is 8.65. The molecule has 0 fully saturated rings. The third-order valence-electron chi connectivity index (χ3n) is 0.419. The quantitative estimate of drug-likeness (QED) is 0.564. The Hall–Kier alpha value is -0.380. The summed E-state index contributed by atoms with van der Waals surface area (Å²) in [6.45, 7) is -2.40. The molecule has 0 spiro atoms. The Morgan fingerprint density at radius 2 is 3.14 bits per heavy atom. The minimum atomic E-state index is -2.40. The number of aryl methyl sites for hydroxylation is 1. The molecule has 0 bridgehead atoms. The van der Waals surface area contributed by atoms with Crippen molar-refractivity contribution in [1.29, 1.82) is 0 Å². The highest BCUT2D eigenvalue weighted by atomic mass is 79.9. The van der Waals surface area contributed by atoms with Crippen molar-refractivity contribution in [2.45, 2.75) is 0 Å². The molecule has 0 atom stereocenters. The molecule has 38 valence electrons. The topological polar surface area (TPSA) is 30.7 Å². The van der Waals surface area contributed by atoms with Crippen LogP contribution < -0.4 is 0 Å². The van der Waals surface area contributed by atoms with Gasteiger partial charge in [0, 0.05) is 11.1 Å². The maximum Gasteiger partial charge on any atom is 0.148 e. The minimum absolute atomic E-state index is 0.133. The van der Waals surface area contributed by atoms with E-state index in [1.807, 2.05) is 0 Å². The zero-order valence-electron chi connectivity index (χ0n) is 7.22. The highest BCUT2D eigenvalue weighted by molar-refractivity contribution is 9.10. The van der Waals surface area contributed by atoms with E-state index in [0.717, 1.165) is 0 Å². The highest BCUT2D eigenvalue weighted by Crippen LogP contribution is 1.98. The number of aromatic nitrogens is 3. The predicted molar refractivity (Wildman–Crippen MR) is 28.7 cm³/mol. The molecule has 0 aromatic carbocycles. The predicted octanol–water partition coefficient (Wildman–Crippen LogP) is 0.578. The molecule has 1 aromatic heterocycles. The van der Waals surface area contributed by atoms with E-state index in [1.54, 1.807) is 0 Å². The van der Waals surface area contributed by atoms with Gasteiger partial charge in [0.05, 0.1) is 7.54 Å². The van der Waals surface area contributed by atoms with Crippen molar-refractivity contribution in [3.8, 4) is 0 Å². The summed E-state index contributed by atoms with van der Waals surface area (Å²) >= 11 is 2.88. The molecule has 0 saturated heterocycles. The van der Waals surface area contributed by atoms with E-state index >= 15 is 0 Å². The SMILES string of the molecule is [2H]c1nn(C([2H])([2H])[2H])nc1Br. The summed E-state index contributed by atoms with van der Waals surface area (Å²) in [5.41, 5.74) is 0. The largest absolute Gasteiger partial charge is 0.187 e. The molecule has 0 aliphatic heterocycles. The van der Waals surface area contributed by atoms with Gasteiger partial charge in [0.2, 0.25) is 0 Å². The first-order valence-corrected chi connectivity index (χ1v) is 2.30. The van der Waals surface area contributed by atoms with Crippen molar-refractivity contribution in [2.24, 2.45) is 6.98 Å². The standard InChI is InChI=1S/C3H4BrN3/c1-7-5-2-3(4)6-7/h2H,1H3/i1D3,2D. The summed E-state index contributed by atoms with van der Waals surface area (Å²) in [6.07, 6.45) is -0.180. The lowest BCUT2D eigenvalue weighted by Crippen LogP contribution is -1.90. The fourth-order valence-electron chi connectivity index (χ4n) is 0.217. The van der Waals surface area contributed by atoms with Gasteiger partial charge in [-0.15, -0.1) is 5.10 Å². The Morgan fingerprint density at radius 3 is 3.43 bits per heavy atom. The Labute approximate surface area is 55.1 Å². The fourth-order valence-corrected chi connectivity index (χ4v) is 0.446. The maximum atomic E-state index is 7.03. The minimum Gasteiger partial charge on any atom is -0.187 e. The van der Waals surface area contributed by atoms with Gasteiger partial charge < -0.3 is 0 Å². The summed E-state index contributed by atoms with van der Waals surface area (Å²) < 4.78 is 27.7. The van der Waals surface area contributed by atoms with Crippen molar-refractivity contribution >= 4 is 15.9 Å². The Bertz CT molecular complexity index is 247. The van der Waals surface area contributed by atoms with Crippen LogP contribution in [-0.2, 0) is 6.98 Å². The molecular formula is C3H4BrN3. The molecule has 7 heavy (non-hydrogen) atoms. The molecular weight excluding hydrogens is 158 g/mol. The molecule has 1 aromatic rings. The molecule has 0 aliphatic carbocycles. The van der Waals surface area contributed by atoms with Crippen LogP contribution in [0.1, 0.15) is 5.48 Å². The summed E-state index contributed by atoms with van der Waals surface area (Å²) in [6, 6.07) is 0. The molecule has 0 radical (unpaired) electrons. The average Bonchev–Trinajstić information content (AvgIpc) is 2.11. The first kappa shape index (κ1) is 1.85. The lowest BCUT2D eigenvalue weighted by molar-refractivity contribution is 0.651. The molecule has 0 saturated carbocycles. The van der Waals surface area contributed by atoms with Gasteiger partial charge in [-0.1, -0.05) is 0 Å². The normalized spacial score (nSPS) is 19.6. The van der Waals surface area contributed by atoms with Crippen LogP contribution in [0, 0.1) is 0 Å². The third-order valence-corrected chi connectivity index (χ3v) is 0.755. The second kappa shape index (κ2) is 1.61. The molecule has 1 rings (SSSR count). The molecule has 0 N–H and O–H groups in total. The van der Waals surface area contributed by atoms with Crippen LogP contribution >= 0.6 is 15.9 Å². The Kier molecular flexibility index (Phi) is 0.428. The molecule has 4 heteroatoms. The number of nitrogens with zero attached hydrogens (tertiary/aromatic N) is 3. The maximum absolute atomic E-state index is 7.03. The lowest BCUT2D eigenvalue weighted by Gasteiger charge is -1.76. The van der Waals surface area contributed by atoms with Gasteiger partial charge in [-0.25, -0.2) is 0 Å². The van der Waals surface area contributed by atoms with Crippen LogP contribution in [0.2, 0.25) is 0 Å². The van der Waals surface area contributed by atoms with Gasteiger partial charge in [0.1, 0.15) is 4.60 Å². The van der Waals surface area contributed by atoms with E-state index in [2.05, 4.69) is 26.1 Å². The second-order valence-electron chi connectivity index (χ2n) is 0.892. The van der Waals surface area contributed by atoms with Gasteiger partial charge in [-0.2, -0.15) is 9.90 Å². The molecule has 3 nitrogen and oxygen atoms in total. The zero-order valence-corrected chi connectivity index (χ0v) is 4.81. The third kappa shape index (κ3) is 0.991. The van der Waals surface area contributed by atoms with Gasteiger partial charge in [-0.3, -0.25) is 0 Å². The summed E-state index contributed by atoms with van der Waals surface area (Å²) in [5.74, 6) is 0. The first-order valence-electron chi connectivity index (χ1n) is 3.51. The lowest BCUT2D eigenvalue weighted by atomic mass is 11.0. The van der Waals surface area contributed by atoms with Crippen LogP contribution in [0.15, 0.2) is 10.8 Å². The van der Waals surface area contributed by atoms with E-state index in [1.165, 1.54) is 0 Å². The second-order valence-corrected chi connectivity index (χ2v) is 1.64. The average molecular weight is 166 g/mol. The van der Waals surface area contributed by atoms with Crippen LogP contribution in [0.3, 0.4) is 0 Å². The first-order chi connectivity index (χ1) is 4.91. The van der Waals surface area contributed by atoms with Gasteiger partial charge in [0.25, 0.3) is 0 Å². The van der Waals surface area contributed by atoms with E-state index in [-0.39, 0.29) is 10.8 Å². The molecule has 0 amide bonds. The number of rotatable bonds is 0. The Morgan fingerprint density at radius 1 is 2.29 bits per heavy atom. The van der Waals surface area contributed by atoms with Crippen molar-refractivity contribution < 1.29 is 5.48 Å². The monoisotopic (exact) mass is 165 g/mol. The summed E-state index contributed by atoms with van der Waals surface area (Å²) in [4.78, 5) is 0.527. The highest BCUT2D eigenvalue weighted by Gasteiger charge is 1.85. The number of hydrogen-bond donors (Lipinski definition) is 0. The van der Waals surface area contributed by atoms with Gasteiger partial charge in [-0.05, 0) is 15.9 Å². The smallest absolute Gasteiger partial charge is 0.148 e. The molecule has 0 aliphatic rings. The van der Waals surface area contributed by atoms with E-state index in [0.29, 0.717) is 4.80 Å². The van der Waals surface area contributed by atoms with Crippen molar-refractivity contribution in [3.63, 3.8) is 0 Å². The van der Waals surface area contributed by atoms with Crippen LogP contribution in [0.4, 0.5) is 0 Å². The van der Waals surface area contributed by atoms with E-state index in [4.69, 9.17) is 5.48 Å². The van der Waals surface area contributed by atoms with Crippen molar-refractivity contribution in [2.75, 3.05) is 0 Å². The van der Waals surface area contributed by atoms with Crippen LogP contribution in [0.25, 0.3) is 0 Å². The van der Waals surface area contributed by atoms with E-state index < -0.39 is 6.98 Å². The van der Waals surface area contributed by atoms with Gasteiger partial charge >= 0.3 is 0 Å². The summed E-state index contributed by atoms with van der Waals surface area (Å²) in [7, 11) is 0. The summed E-state index contributed by atoms with van der Waals surface area (Å²) in [5, 5.41) is 6.80. The Balaban J connectivity index is 3.08. The fraction of sp³-hybridized carbons (Fsp3) is 0.333. The molecule has 1 heterocycles. The van der Waals surface area contributed by atoms with Gasteiger partial charge in [0.15, 0.2) is 0 Å².